The summed E-state index contributed by atoms with van der Waals surface area (Å²) in [6, 6.07) is -0.305. The molecule has 2 amide bonds. The molecule has 0 aliphatic carbocycles. The number of β-amino-alcohol motifs (C(OH)–C–C–N with tert-alkyl or cyclic N) is 1. The van der Waals surface area contributed by atoms with Crippen molar-refractivity contribution in [1.29, 1.82) is 0 Å². The number of amides is 2. The van der Waals surface area contributed by atoms with Gasteiger partial charge in [0, 0.05) is 6.54 Å². The third kappa shape index (κ3) is 2.39. The van der Waals surface area contributed by atoms with E-state index in [-0.39, 0.29) is 17.7 Å². The number of carbonyl (C=O) groups is 1. The van der Waals surface area contributed by atoms with Gasteiger partial charge in [0.2, 0.25) is 0 Å². The first-order chi connectivity index (χ1) is 8.13. The molecule has 1 aliphatic rings. The number of hydrogen-bond donors (Lipinski definition) is 1. The summed E-state index contributed by atoms with van der Waals surface area (Å²) in [6.45, 7) is 2.89. The average Bonchev–Trinajstić information content (AvgIpc) is 2.81. The van der Waals surface area contributed by atoms with E-state index in [0.29, 0.717) is 6.54 Å². The minimum Gasteiger partial charge on any atom is -0.371 e. The Labute approximate surface area is 102 Å². The normalized spacial score (nSPS) is 20.4. The Kier molecular flexibility index (Phi) is 3.58. The van der Waals surface area contributed by atoms with E-state index in [1.807, 2.05) is 6.92 Å². The molecule has 2 heterocycles. The fourth-order valence-corrected chi connectivity index (χ4v) is 2.42. The zero-order valence-corrected chi connectivity index (χ0v) is 10.3. The number of urea groups is 1. The molecule has 2 rings (SSSR count). The van der Waals surface area contributed by atoms with Crippen LogP contribution in [-0.2, 0) is 0 Å². The first kappa shape index (κ1) is 12.3. The Bertz CT molecular complexity index is 412. The van der Waals surface area contributed by atoms with Crippen molar-refractivity contribution in [3.8, 4) is 0 Å². The topological polar surface area (TPSA) is 56.7 Å². The molecule has 0 saturated carbocycles. The number of aliphatic hydroxyl groups is 1. The lowest BCUT2D eigenvalue weighted by molar-refractivity contribution is 0.176. The standard InChI is InChI=1S/C10H14FN3O2S/c1-2-3-4-13-6-8(15)14(10(13)16)9-12-5-7(11)17-9/h5,8,15H,2-4,6H2,1H3. The van der Waals surface area contributed by atoms with Crippen molar-refractivity contribution >= 4 is 22.5 Å². The van der Waals surface area contributed by atoms with Crippen molar-refractivity contribution in [3.63, 3.8) is 0 Å². The van der Waals surface area contributed by atoms with Crippen LogP contribution >= 0.6 is 11.3 Å². The molecular weight excluding hydrogens is 245 g/mol. The summed E-state index contributed by atoms with van der Waals surface area (Å²) in [6.07, 6.45) is 1.98. The highest BCUT2D eigenvalue weighted by atomic mass is 32.1. The molecule has 0 bridgehead atoms. The molecule has 1 aromatic heterocycles. The molecular formula is C10H14FN3O2S. The molecule has 1 N–H and O–H groups in total. The minimum atomic E-state index is -0.940. The van der Waals surface area contributed by atoms with E-state index in [1.165, 1.54) is 0 Å². The maximum absolute atomic E-state index is 12.9. The molecule has 1 unspecified atom stereocenters. The van der Waals surface area contributed by atoms with Crippen LogP contribution in [0.25, 0.3) is 0 Å². The van der Waals surface area contributed by atoms with Gasteiger partial charge in [-0.3, -0.25) is 0 Å². The van der Waals surface area contributed by atoms with Crippen molar-refractivity contribution in [3.05, 3.63) is 11.3 Å². The summed E-state index contributed by atoms with van der Waals surface area (Å²) in [5.41, 5.74) is 0. The number of unbranched alkanes of at least 4 members (excludes halogenated alkanes) is 1. The van der Waals surface area contributed by atoms with E-state index in [9.17, 15) is 14.3 Å². The van der Waals surface area contributed by atoms with E-state index < -0.39 is 11.4 Å². The number of aromatic nitrogens is 1. The quantitative estimate of drug-likeness (QED) is 0.894. The predicted octanol–water partition coefficient (Wildman–Crippen LogP) is 1.64. The van der Waals surface area contributed by atoms with Gasteiger partial charge in [-0.1, -0.05) is 24.7 Å². The molecule has 0 radical (unpaired) electrons. The summed E-state index contributed by atoms with van der Waals surface area (Å²) >= 11 is 0.759. The predicted molar refractivity (Wildman–Crippen MR) is 62.4 cm³/mol. The third-order valence-electron chi connectivity index (χ3n) is 2.61. The molecule has 1 atom stereocenters. The largest absolute Gasteiger partial charge is 0.371 e. The Morgan fingerprint density at radius 1 is 1.71 bits per heavy atom. The fraction of sp³-hybridized carbons (Fsp3) is 0.600. The number of thiazole rings is 1. The van der Waals surface area contributed by atoms with E-state index in [1.54, 1.807) is 4.90 Å². The number of nitrogens with zero attached hydrogens (tertiary/aromatic N) is 3. The SMILES string of the molecule is CCCCN1CC(O)N(c2ncc(F)s2)C1=O. The molecule has 1 aliphatic heterocycles. The Hall–Kier alpha value is -1.21. The fourth-order valence-electron chi connectivity index (χ4n) is 1.74. The second kappa shape index (κ2) is 4.97. The van der Waals surface area contributed by atoms with Crippen LogP contribution in [0.5, 0.6) is 0 Å². The summed E-state index contributed by atoms with van der Waals surface area (Å²) in [5, 5.41) is 9.54. The highest BCUT2D eigenvalue weighted by Gasteiger charge is 2.38. The Morgan fingerprint density at radius 3 is 3.06 bits per heavy atom. The van der Waals surface area contributed by atoms with Gasteiger partial charge in [0.25, 0.3) is 0 Å². The highest BCUT2D eigenvalue weighted by Crippen LogP contribution is 2.27. The van der Waals surface area contributed by atoms with Gasteiger partial charge in [0.1, 0.15) is 0 Å². The highest BCUT2D eigenvalue weighted by molar-refractivity contribution is 7.14. The van der Waals surface area contributed by atoms with Gasteiger partial charge in [0.15, 0.2) is 16.5 Å². The number of carbonyl (C=O) groups excluding carboxylic acids is 1. The lowest BCUT2D eigenvalue weighted by atomic mass is 10.3. The van der Waals surface area contributed by atoms with Crippen molar-refractivity contribution < 1.29 is 14.3 Å². The van der Waals surface area contributed by atoms with Gasteiger partial charge in [0.05, 0.1) is 12.7 Å². The van der Waals surface area contributed by atoms with Crippen LogP contribution < -0.4 is 4.90 Å². The van der Waals surface area contributed by atoms with Crippen LogP contribution in [0.15, 0.2) is 6.20 Å². The van der Waals surface area contributed by atoms with Gasteiger partial charge in [-0.15, -0.1) is 0 Å². The van der Waals surface area contributed by atoms with Crippen molar-refractivity contribution in [2.75, 3.05) is 18.0 Å². The van der Waals surface area contributed by atoms with Crippen LogP contribution in [0.3, 0.4) is 0 Å². The average molecular weight is 259 g/mol. The molecule has 94 valence electrons. The first-order valence-electron chi connectivity index (χ1n) is 5.51. The zero-order chi connectivity index (χ0) is 12.4. The second-order valence-corrected chi connectivity index (χ2v) is 4.84. The lowest BCUT2D eigenvalue weighted by Gasteiger charge is -2.16. The van der Waals surface area contributed by atoms with Crippen LogP contribution in [0.4, 0.5) is 14.3 Å². The number of hydrogen-bond acceptors (Lipinski definition) is 4. The van der Waals surface area contributed by atoms with E-state index in [2.05, 4.69) is 4.98 Å². The molecule has 17 heavy (non-hydrogen) atoms. The van der Waals surface area contributed by atoms with Gasteiger partial charge >= 0.3 is 6.03 Å². The molecule has 0 spiro atoms. The van der Waals surface area contributed by atoms with E-state index in [0.717, 1.165) is 35.3 Å². The first-order valence-corrected chi connectivity index (χ1v) is 6.32. The number of aliphatic hydroxyl groups excluding tert-OH is 1. The Balaban J connectivity index is 2.11. The zero-order valence-electron chi connectivity index (χ0n) is 9.47. The van der Waals surface area contributed by atoms with Crippen LogP contribution in [0.1, 0.15) is 19.8 Å². The summed E-state index contributed by atoms with van der Waals surface area (Å²) in [5.74, 6) is 0. The van der Waals surface area contributed by atoms with Gasteiger partial charge in [-0.05, 0) is 6.42 Å². The maximum atomic E-state index is 12.9. The molecule has 1 fully saturated rings. The minimum absolute atomic E-state index is 0.207. The van der Waals surface area contributed by atoms with Crippen LogP contribution in [0.2, 0.25) is 0 Å². The summed E-state index contributed by atoms with van der Waals surface area (Å²) in [7, 11) is 0. The van der Waals surface area contributed by atoms with Crippen molar-refractivity contribution in [2.24, 2.45) is 0 Å². The van der Waals surface area contributed by atoms with E-state index >= 15 is 0 Å². The van der Waals surface area contributed by atoms with Gasteiger partial charge < -0.3 is 10.0 Å². The molecule has 0 aromatic carbocycles. The van der Waals surface area contributed by atoms with Gasteiger partial charge in [-0.2, -0.15) is 4.39 Å². The molecule has 5 nitrogen and oxygen atoms in total. The summed E-state index contributed by atoms with van der Waals surface area (Å²) < 4.78 is 12.9. The number of halogens is 1. The number of rotatable bonds is 4. The van der Waals surface area contributed by atoms with Crippen LogP contribution in [0, 0.1) is 5.13 Å². The van der Waals surface area contributed by atoms with Gasteiger partial charge in [-0.25, -0.2) is 14.7 Å². The maximum Gasteiger partial charge on any atom is 0.328 e. The van der Waals surface area contributed by atoms with E-state index in [4.69, 9.17) is 0 Å². The summed E-state index contributed by atoms with van der Waals surface area (Å²) in [4.78, 5) is 18.4. The smallest absolute Gasteiger partial charge is 0.328 e. The second-order valence-electron chi connectivity index (χ2n) is 3.88. The monoisotopic (exact) mass is 259 g/mol. The molecule has 7 heteroatoms. The van der Waals surface area contributed by atoms with Crippen molar-refractivity contribution in [1.82, 2.24) is 9.88 Å². The lowest BCUT2D eigenvalue weighted by Crippen LogP contribution is -2.35. The molecule has 1 aromatic rings. The Morgan fingerprint density at radius 2 is 2.47 bits per heavy atom. The van der Waals surface area contributed by atoms with Crippen molar-refractivity contribution in [2.45, 2.75) is 26.0 Å². The number of anilines is 1. The molecule has 1 saturated heterocycles. The van der Waals surface area contributed by atoms with Crippen LogP contribution in [-0.4, -0.2) is 40.3 Å². The third-order valence-corrected chi connectivity index (χ3v) is 3.40.